The van der Waals surface area contributed by atoms with Crippen LogP contribution in [0.3, 0.4) is 0 Å². The second-order valence-electron chi connectivity index (χ2n) is 7.06. The molecular formula is C19H20O3S. The fraction of sp³-hybridized carbons (Fsp3) is 0.368. The molecule has 2 aromatic carbocycles. The number of hydrogen-bond donors (Lipinski definition) is 0. The first kappa shape index (κ1) is 14.9. The molecule has 0 radical (unpaired) electrons. The van der Waals surface area contributed by atoms with E-state index in [0.29, 0.717) is 6.42 Å². The normalized spacial score (nSPS) is 33.7. The van der Waals surface area contributed by atoms with Crippen LogP contribution < -0.4 is 0 Å². The summed E-state index contributed by atoms with van der Waals surface area (Å²) in [5.41, 5.74) is 0.693. The molecule has 2 aliphatic rings. The summed E-state index contributed by atoms with van der Waals surface area (Å²) < 4.78 is 31.7. The van der Waals surface area contributed by atoms with Gasteiger partial charge in [-0.3, -0.25) is 0 Å². The molecule has 0 spiro atoms. The van der Waals surface area contributed by atoms with Crippen LogP contribution in [-0.2, 0) is 19.3 Å². The van der Waals surface area contributed by atoms with E-state index in [9.17, 15) is 8.42 Å². The van der Waals surface area contributed by atoms with Gasteiger partial charge < -0.3 is 4.74 Å². The number of sulfone groups is 1. The van der Waals surface area contributed by atoms with Gasteiger partial charge in [0.05, 0.1) is 11.4 Å². The summed E-state index contributed by atoms with van der Waals surface area (Å²) in [5.74, 6) is 0.0558. The SMILES string of the molecule is CC12CC(c3ccccc3)(c3ccccc3)S(=O)(=O)CC1(C)O2. The summed E-state index contributed by atoms with van der Waals surface area (Å²) in [6.07, 6.45) is 0.451. The van der Waals surface area contributed by atoms with E-state index < -0.39 is 25.8 Å². The second-order valence-corrected chi connectivity index (χ2v) is 9.27. The zero-order valence-corrected chi connectivity index (χ0v) is 14.1. The molecule has 0 N–H and O–H groups in total. The van der Waals surface area contributed by atoms with Gasteiger partial charge in [-0.25, -0.2) is 8.42 Å². The Morgan fingerprint density at radius 1 is 0.826 bits per heavy atom. The predicted molar refractivity (Wildman–Crippen MR) is 90.0 cm³/mol. The molecule has 4 rings (SSSR count). The maximum Gasteiger partial charge on any atom is 0.167 e. The summed E-state index contributed by atoms with van der Waals surface area (Å²) in [6.45, 7) is 3.94. The third-order valence-corrected chi connectivity index (χ3v) is 8.20. The van der Waals surface area contributed by atoms with Gasteiger partial charge in [0.25, 0.3) is 0 Å². The Kier molecular flexibility index (Phi) is 2.89. The van der Waals surface area contributed by atoms with Crippen LogP contribution in [0.1, 0.15) is 31.4 Å². The highest BCUT2D eigenvalue weighted by molar-refractivity contribution is 7.92. The van der Waals surface area contributed by atoms with Crippen LogP contribution in [0, 0.1) is 0 Å². The first-order valence-corrected chi connectivity index (χ1v) is 9.52. The smallest absolute Gasteiger partial charge is 0.167 e. The monoisotopic (exact) mass is 328 g/mol. The number of ether oxygens (including phenoxy) is 1. The summed E-state index contributed by atoms with van der Waals surface area (Å²) >= 11 is 0. The van der Waals surface area contributed by atoms with Gasteiger partial charge in [0.2, 0.25) is 0 Å². The average molecular weight is 328 g/mol. The van der Waals surface area contributed by atoms with Crippen molar-refractivity contribution in [3.63, 3.8) is 0 Å². The third kappa shape index (κ3) is 1.88. The summed E-state index contributed by atoms with van der Waals surface area (Å²) in [7, 11) is -3.42. The van der Waals surface area contributed by atoms with Crippen LogP contribution in [0.5, 0.6) is 0 Å². The van der Waals surface area contributed by atoms with E-state index >= 15 is 0 Å². The lowest BCUT2D eigenvalue weighted by Gasteiger charge is -2.40. The molecule has 2 unspecified atom stereocenters. The Balaban J connectivity index is 2.01. The lowest BCUT2D eigenvalue weighted by Crippen LogP contribution is -2.51. The van der Waals surface area contributed by atoms with Gasteiger partial charge in [-0.1, -0.05) is 60.7 Å². The molecule has 120 valence electrons. The molecule has 2 aliphatic heterocycles. The molecule has 2 saturated heterocycles. The van der Waals surface area contributed by atoms with E-state index in [4.69, 9.17) is 4.74 Å². The lowest BCUT2D eigenvalue weighted by molar-refractivity contribution is 0.274. The Morgan fingerprint density at radius 2 is 1.30 bits per heavy atom. The van der Waals surface area contributed by atoms with Crippen LogP contribution in [0.15, 0.2) is 60.7 Å². The molecule has 0 aromatic heterocycles. The van der Waals surface area contributed by atoms with Crippen LogP contribution in [0.4, 0.5) is 0 Å². The standard InChI is InChI=1S/C19H20O3S/c1-17-13-19(15-9-5-3-6-10-15,16-11-7-4-8-12-16)23(20,21)14-18(17,2)22-17/h3-12H,13-14H2,1-2H3. The van der Waals surface area contributed by atoms with Crippen molar-refractivity contribution in [2.75, 3.05) is 5.75 Å². The van der Waals surface area contributed by atoms with Gasteiger partial charge in [-0.2, -0.15) is 0 Å². The summed E-state index contributed by atoms with van der Waals surface area (Å²) in [6, 6.07) is 19.1. The zero-order valence-electron chi connectivity index (χ0n) is 13.3. The average Bonchev–Trinajstić information content (AvgIpc) is 3.07. The molecule has 2 atom stereocenters. The first-order valence-electron chi connectivity index (χ1n) is 7.87. The topological polar surface area (TPSA) is 46.7 Å². The van der Waals surface area contributed by atoms with Crippen molar-refractivity contribution in [3.8, 4) is 0 Å². The van der Waals surface area contributed by atoms with Crippen molar-refractivity contribution in [1.82, 2.24) is 0 Å². The largest absolute Gasteiger partial charge is 0.362 e. The number of hydrogen-bond acceptors (Lipinski definition) is 3. The molecule has 23 heavy (non-hydrogen) atoms. The fourth-order valence-electron chi connectivity index (χ4n) is 4.09. The Morgan fingerprint density at radius 3 is 1.78 bits per heavy atom. The van der Waals surface area contributed by atoms with E-state index in [1.807, 2.05) is 74.5 Å². The van der Waals surface area contributed by atoms with Gasteiger partial charge in [-0.05, 0) is 25.0 Å². The van der Waals surface area contributed by atoms with E-state index in [2.05, 4.69) is 0 Å². The lowest BCUT2D eigenvalue weighted by atomic mass is 9.79. The van der Waals surface area contributed by atoms with Gasteiger partial charge >= 0.3 is 0 Å². The molecular weight excluding hydrogens is 308 g/mol. The molecule has 0 bridgehead atoms. The highest BCUT2D eigenvalue weighted by Gasteiger charge is 2.74. The highest BCUT2D eigenvalue weighted by atomic mass is 32.2. The predicted octanol–water partition coefficient (Wildman–Crippen LogP) is 3.30. The van der Waals surface area contributed by atoms with E-state index in [0.717, 1.165) is 11.1 Å². The number of fused-ring (bicyclic) bond motifs is 1. The van der Waals surface area contributed by atoms with Crippen LogP contribution in [-0.4, -0.2) is 25.4 Å². The van der Waals surface area contributed by atoms with Crippen molar-refractivity contribution in [1.29, 1.82) is 0 Å². The van der Waals surface area contributed by atoms with Crippen molar-refractivity contribution in [3.05, 3.63) is 71.8 Å². The Bertz CT molecular complexity index is 805. The molecule has 0 amide bonds. The Labute approximate surface area is 137 Å². The second kappa shape index (κ2) is 4.46. The molecule has 2 fully saturated rings. The third-order valence-electron chi connectivity index (χ3n) is 5.59. The van der Waals surface area contributed by atoms with Crippen LogP contribution in [0.2, 0.25) is 0 Å². The van der Waals surface area contributed by atoms with Crippen molar-refractivity contribution >= 4 is 9.84 Å². The number of benzene rings is 2. The Hall–Kier alpha value is -1.65. The molecule has 2 aromatic rings. The van der Waals surface area contributed by atoms with Crippen molar-refractivity contribution < 1.29 is 13.2 Å². The minimum Gasteiger partial charge on any atom is -0.362 e. The minimum atomic E-state index is -3.42. The molecule has 2 heterocycles. The van der Waals surface area contributed by atoms with Gasteiger partial charge in [0.1, 0.15) is 10.3 Å². The highest BCUT2D eigenvalue weighted by Crippen LogP contribution is 2.62. The number of epoxide rings is 1. The molecule has 0 saturated carbocycles. The maximum atomic E-state index is 13.4. The summed E-state index contributed by atoms with van der Waals surface area (Å²) in [4.78, 5) is 0. The van der Waals surface area contributed by atoms with Gasteiger partial charge in [0, 0.05) is 6.42 Å². The van der Waals surface area contributed by atoms with Crippen molar-refractivity contribution in [2.45, 2.75) is 36.2 Å². The quantitative estimate of drug-likeness (QED) is 0.795. The maximum absolute atomic E-state index is 13.4. The van der Waals surface area contributed by atoms with Gasteiger partial charge in [-0.15, -0.1) is 0 Å². The van der Waals surface area contributed by atoms with E-state index in [1.54, 1.807) is 0 Å². The summed E-state index contributed by atoms with van der Waals surface area (Å²) in [5, 5.41) is 0. The molecule has 4 heteroatoms. The van der Waals surface area contributed by atoms with E-state index in [-0.39, 0.29) is 5.75 Å². The van der Waals surface area contributed by atoms with Crippen LogP contribution in [0.25, 0.3) is 0 Å². The van der Waals surface area contributed by atoms with Crippen molar-refractivity contribution in [2.24, 2.45) is 0 Å². The van der Waals surface area contributed by atoms with Crippen LogP contribution >= 0.6 is 0 Å². The minimum absolute atomic E-state index is 0.0558. The van der Waals surface area contributed by atoms with Gasteiger partial charge in [0.15, 0.2) is 9.84 Å². The van der Waals surface area contributed by atoms with E-state index in [1.165, 1.54) is 0 Å². The zero-order chi connectivity index (χ0) is 16.3. The fourth-order valence-corrected chi connectivity index (χ4v) is 6.91. The molecule has 3 nitrogen and oxygen atoms in total. The number of rotatable bonds is 2. The first-order chi connectivity index (χ1) is 10.8. The molecule has 0 aliphatic carbocycles.